The Labute approximate surface area is 133 Å². The Morgan fingerprint density at radius 2 is 1.83 bits per heavy atom. The summed E-state index contributed by atoms with van der Waals surface area (Å²) in [7, 11) is 0. The Hall–Kier alpha value is -0.670. The summed E-state index contributed by atoms with van der Waals surface area (Å²) in [5, 5.41) is 32.5. The van der Waals surface area contributed by atoms with Crippen LogP contribution in [0.2, 0.25) is 0 Å². The van der Waals surface area contributed by atoms with E-state index < -0.39 is 43.2 Å². The highest BCUT2D eigenvalue weighted by molar-refractivity contribution is 5.22. The molecule has 8 heteroatoms. The van der Waals surface area contributed by atoms with E-state index >= 15 is 0 Å². The zero-order valence-corrected chi connectivity index (χ0v) is 12.8. The van der Waals surface area contributed by atoms with Gasteiger partial charge in [-0.05, 0) is 18.4 Å². The van der Waals surface area contributed by atoms with Gasteiger partial charge in [-0.1, -0.05) is 25.3 Å². The molecule has 0 aromatic rings. The molecule has 0 aromatic heterocycles. The number of aliphatic hydroxyl groups excluding tert-OH is 3. The normalized spacial score (nSPS) is 34.5. The summed E-state index contributed by atoms with van der Waals surface area (Å²) >= 11 is 0. The van der Waals surface area contributed by atoms with E-state index in [0.717, 1.165) is 19.3 Å². The van der Waals surface area contributed by atoms with Gasteiger partial charge in [0.15, 0.2) is 0 Å². The maximum absolute atomic E-state index is 14.6. The van der Waals surface area contributed by atoms with E-state index in [1.54, 1.807) is 0 Å². The van der Waals surface area contributed by atoms with Crippen LogP contribution in [-0.2, 0) is 4.74 Å². The molecular weight excluding hydrogens is 315 g/mol. The molecular formula is C15H24F3NO4. The van der Waals surface area contributed by atoms with E-state index in [4.69, 9.17) is 0 Å². The van der Waals surface area contributed by atoms with Crippen molar-refractivity contribution in [2.75, 3.05) is 13.2 Å². The molecule has 23 heavy (non-hydrogen) atoms. The van der Waals surface area contributed by atoms with Gasteiger partial charge < -0.3 is 25.4 Å². The van der Waals surface area contributed by atoms with Crippen molar-refractivity contribution in [3.05, 3.63) is 11.6 Å². The summed E-state index contributed by atoms with van der Waals surface area (Å²) in [6, 6.07) is -0.834. The second-order valence-electron chi connectivity index (χ2n) is 6.36. The molecule has 1 fully saturated rings. The lowest BCUT2D eigenvalue weighted by Gasteiger charge is -2.37. The molecule has 0 unspecified atom stereocenters. The van der Waals surface area contributed by atoms with Gasteiger partial charge in [-0.2, -0.15) is 8.78 Å². The van der Waals surface area contributed by atoms with Crippen LogP contribution in [-0.4, -0.2) is 65.1 Å². The second-order valence-corrected chi connectivity index (χ2v) is 6.36. The van der Waals surface area contributed by atoms with Crippen LogP contribution < -0.4 is 5.32 Å². The van der Waals surface area contributed by atoms with Crippen molar-refractivity contribution in [2.45, 2.75) is 68.7 Å². The van der Waals surface area contributed by atoms with Crippen molar-refractivity contribution in [2.24, 2.45) is 0 Å². The van der Waals surface area contributed by atoms with Gasteiger partial charge in [-0.25, -0.2) is 4.39 Å². The minimum Gasteiger partial charge on any atom is -0.388 e. The smallest absolute Gasteiger partial charge is 0.345 e. The minimum absolute atomic E-state index is 0.00295. The molecule has 0 heterocycles. The predicted octanol–water partition coefficient (Wildman–Crippen LogP) is 0.879. The topological polar surface area (TPSA) is 82.0 Å². The van der Waals surface area contributed by atoms with Crippen molar-refractivity contribution in [3.8, 4) is 0 Å². The van der Waals surface area contributed by atoms with E-state index in [9.17, 15) is 28.5 Å². The number of nitrogens with one attached hydrogen (secondary N) is 1. The first-order valence-electron chi connectivity index (χ1n) is 7.89. The summed E-state index contributed by atoms with van der Waals surface area (Å²) in [5.74, 6) is 0. The van der Waals surface area contributed by atoms with Crippen LogP contribution in [0.1, 0.15) is 32.1 Å². The highest BCUT2D eigenvalue weighted by Crippen LogP contribution is 2.31. The largest absolute Gasteiger partial charge is 0.388 e. The Morgan fingerprint density at radius 3 is 2.43 bits per heavy atom. The third-order valence-electron chi connectivity index (χ3n) is 4.60. The van der Waals surface area contributed by atoms with E-state index in [0.29, 0.717) is 12.8 Å². The zero-order valence-electron chi connectivity index (χ0n) is 12.8. The van der Waals surface area contributed by atoms with Crippen molar-refractivity contribution in [1.82, 2.24) is 5.32 Å². The fraction of sp³-hybridized carbons (Fsp3) is 0.867. The molecule has 1 saturated carbocycles. The average molecular weight is 339 g/mol. The van der Waals surface area contributed by atoms with Crippen molar-refractivity contribution in [1.29, 1.82) is 0 Å². The summed E-state index contributed by atoms with van der Waals surface area (Å²) in [5.41, 5.74) is -1.33. The number of halogens is 3. The molecule has 0 aromatic carbocycles. The number of aliphatic hydroxyl groups is 3. The lowest BCUT2D eigenvalue weighted by molar-refractivity contribution is -0.129. The van der Waals surface area contributed by atoms with Crippen molar-refractivity contribution >= 4 is 0 Å². The Balaban J connectivity index is 1.99. The van der Waals surface area contributed by atoms with E-state index in [2.05, 4.69) is 10.1 Å². The molecule has 0 amide bonds. The van der Waals surface area contributed by atoms with Gasteiger partial charge in [0.25, 0.3) is 0 Å². The van der Waals surface area contributed by atoms with Crippen LogP contribution in [0.3, 0.4) is 0 Å². The third-order valence-corrected chi connectivity index (χ3v) is 4.60. The van der Waals surface area contributed by atoms with Gasteiger partial charge in [0.1, 0.15) is 24.0 Å². The third kappa shape index (κ3) is 4.90. The molecule has 0 saturated heterocycles. The lowest BCUT2D eigenvalue weighted by atomic mass is 9.84. The molecule has 2 aliphatic carbocycles. The maximum atomic E-state index is 14.6. The van der Waals surface area contributed by atoms with E-state index in [1.807, 2.05) is 0 Å². The summed E-state index contributed by atoms with van der Waals surface area (Å²) in [4.78, 5) is 0. The quantitative estimate of drug-likeness (QED) is 0.540. The first-order chi connectivity index (χ1) is 10.8. The molecule has 0 bridgehead atoms. The molecule has 4 N–H and O–H groups in total. The fourth-order valence-electron chi connectivity index (χ4n) is 3.18. The molecule has 2 rings (SSSR count). The average Bonchev–Trinajstić information content (AvgIpc) is 2.51. The SMILES string of the molecule is O[C@@H]1[C@@H](O)[C@@H](O)C(COC(F)F)=C[C@H]1NCC1(F)CCCCC1. The number of rotatable bonds is 6. The van der Waals surface area contributed by atoms with E-state index in [-0.39, 0.29) is 12.1 Å². The van der Waals surface area contributed by atoms with Crippen LogP contribution in [0.4, 0.5) is 13.2 Å². The lowest BCUT2D eigenvalue weighted by Crippen LogP contribution is -2.56. The second kappa shape index (κ2) is 7.94. The van der Waals surface area contributed by atoms with Gasteiger partial charge in [0.2, 0.25) is 0 Å². The Kier molecular flexibility index (Phi) is 6.44. The number of alkyl halides is 3. The van der Waals surface area contributed by atoms with Gasteiger partial charge in [-0.3, -0.25) is 0 Å². The molecule has 0 spiro atoms. The van der Waals surface area contributed by atoms with E-state index in [1.165, 1.54) is 6.08 Å². The number of hydrogen-bond donors (Lipinski definition) is 4. The predicted molar refractivity (Wildman–Crippen MR) is 76.8 cm³/mol. The van der Waals surface area contributed by atoms with Gasteiger partial charge >= 0.3 is 6.61 Å². The Bertz CT molecular complexity index is 416. The van der Waals surface area contributed by atoms with Gasteiger partial charge in [-0.15, -0.1) is 0 Å². The Morgan fingerprint density at radius 1 is 1.17 bits per heavy atom. The van der Waals surface area contributed by atoms with Crippen LogP contribution in [0, 0.1) is 0 Å². The molecule has 0 aliphatic heterocycles. The zero-order chi connectivity index (χ0) is 17.0. The monoisotopic (exact) mass is 339 g/mol. The number of ether oxygens (including phenoxy) is 1. The molecule has 0 radical (unpaired) electrons. The van der Waals surface area contributed by atoms with Crippen LogP contribution in [0.25, 0.3) is 0 Å². The molecule has 4 atom stereocenters. The van der Waals surface area contributed by atoms with Gasteiger partial charge in [0, 0.05) is 6.54 Å². The summed E-state index contributed by atoms with van der Waals surface area (Å²) in [6.07, 6.45) is 0.400. The highest BCUT2D eigenvalue weighted by atomic mass is 19.3. The standard InChI is InChI=1S/C15H24F3NO4/c16-14(17)23-7-9-6-10(12(21)13(22)11(9)20)19-8-15(18)4-2-1-3-5-15/h6,10-14,19-22H,1-5,7-8H2/t10-,11+,12+,13+/m1/s1. The first-order valence-corrected chi connectivity index (χ1v) is 7.89. The van der Waals surface area contributed by atoms with Crippen LogP contribution >= 0.6 is 0 Å². The highest BCUT2D eigenvalue weighted by Gasteiger charge is 2.39. The van der Waals surface area contributed by atoms with Crippen molar-refractivity contribution in [3.63, 3.8) is 0 Å². The maximum Gasteiger partial charge on any atom is 0.345 e. The molecule has 5 nitrogen and oxygen atoms in total. The first kappa shape index (κ1) is 18.7. The minimum atomic E-state index is -3.00. The fourth-order valence-corrected chi connectivity index (χ4v) is 3.18. The molecule has 134 valence electrons. The summed E-state index contributed by atoms with van der Waals surface area (Å²) < 4.78 is 43.0. The van der Waals surface area contributed by atoms with Crippen molar-refractivity contribution < 1.29 is 33.2 Å². The summed E-state index contributed by atoms with van der Waals surface area (Å²) in [6.45, 7) is -3.58. The number of hydrogen-bond acceptors (Lipinski definition) is 5. The van der Waals surface area contributed by atoms with Crippen LogP contribution in [0.15, 0.2) is 11.6 Å². The van der Waals surface area contributed by atoms with Crippen LogP contribution in [0.5, 0.6) is 0 Å². The molecule has 2 aliphatic rings. The van der Waals surface area contributed by atoms with Gasteiger partial charge in [0.05, 0.1) is 12.6 Å².